The van der Waals surface area contributed by atoms with Crippen molar-refractivity contribution in [2.24, 2.45) is 0 Å². The minimum absolute atomic E-state index is 0.136. The molecular weight excluding hydrogens is 288 g/mol. The number of carbonyl (C=O) groups excluding carboxylic acids is 1. The fraction of sp³-hybridized carbons (Fsp3) is 0.389. The first kappa shape index (κ1) is 16.9. The standard InChI is InChI=1S/C18H24N4O/c1-11-7-8-14(9-12(11)2)21-17(23)15-10-16(20-13(3)19-15)22-18(4,5)6/h7-10H,1-6H3,(H,21,23)(H,19,20,22). The van der Waals surface area contributed by atoms with Gasteiger partial charge in [0.15, 0.2) is 0 Å². The number of rotatable bonds is 3. The first-order valence-corrected chi connectivity index (χ1v) is 7.66. The van der Waals surface area contributed by atoms with Gasteiger partial charge in [0.1, 0.15) is 17.3 Å². The van der Waals surface area contributed by atoms with Gasteiger partial charge < -0.3 is 10.6 Å². The van der Waals surface area contributed by atoms with Crippen molar-refractivity contribution in [1.82, 2.24) is 9.97 Å². The number of hydrogen-bond acceptors (Lipinski definition) is 4. The Hall–Kier alpha value is -2.43. The van der Waals surface area contributed by atoms with Gasteiger partial charge >= 0.3 is 0 Å². The van der Waals surface area contributed by atoms with Crippen molar-refractivity contribution < 1.29 is 4.79 Å². The minimum atomic E-state index is -0.240. The Morgan fingerprint density at radius 2 is 1.70 bits per heavy atom. The number of anilines is 2. The number of hydrogen-bond donors (Lipinski definition) is 2. The van der Waals surface area contributed by atoms with Crippen LogP contribution >= 0.6 is 0 Å². The number of aromatic nitrogens is 2. The summed E-state index contributed by atoms with van der Waals surface area (Å²) in [6.45, 7) is 12.0. The van der Waals surface area contributed by atoms with Gasteiger partial charge in [-0.05, 0) is 64.8 Å². The number of nitrogens with one attached hydrogen (secondary N) is 2. The van der Waals surface area contributed by atoms with Crippen molar-refractivity contribution in [2.45, 2.75) is 47.1 Å². The molecule has 0 spiro atoms. The third-order valence-electron chi connectivity index (χ3n) is 3.34. The van der Waals surface area contributed by atoms with Crippen LogP contribution in [0.3, 0.4) is 0 Å². The molecule has 2 N–H and O–H groups in total. The lowest BCUT2D eigenvalue weighted by atomic mass is 10.1. The van der Waals surface area contributed by atoms with Gasteiger partial charge in [0.25, 0.3) is 5.91 Å². The van der Waals surface area contributed by atoms with E-state index in [0.717, 1.165) is 11.3 Å². The largest absolute Gasteiger partial charge is 0.365 e. The molecule has 23 heavy (non-hydrogen) atoms. The summed E-state index contributed by atoms with van der Waals surface area (Å²) in [7, 11) is 0. The van der Waals surface area contributed by atoms with E-state index in [1.807, 2.05) is 52.8 Å². The number of aryl methyl sites for hydroxylation is 3. The molecule has 0 aliphatic rings. The van der Waals surface area contributed by atoms with E-state index in [9.17, 15) is 4.79 Å². The van der Waals surface area contributed by atoms with Gasteiger partial charge in [-0.1, -0.05) is 6.07 Å². The number of nitrogens with zero attached hydrogens (tertiary/aromatic N) is 2. The molecule has 0 aliphatic carbocycles. The SMILES string of the molecule is Cc1nc(NC(C)(C)C)cc(C(=O)Nc2ccc(C)c(C)c2)n1. The molecule has 1 heterocycles. The summed E-state index contributed by atoms with van der Waals surface area (Å²) in [6.07, 6.45) is 0. The molecular formula is C18H24N4O. The first-order chi connectivity index (χ1) is 10.6. The molecule has 1 amide bonds. The zero-order chi connectivity index (χ0) is 17.2. The lowest BCUT2D eigenvalue weighted by molar-refractivity contribution is 0.102. The summed E-state index contributed by atoms with van der Waals surface area (Å²) in [6, 6.07) is 7.51. The zero-order valence-electron chi connectivity index (χ0n) is 14.6. The van der Waals surface area contributed by atoms with Crippen LogP contribution in [0.25, 0.3) is 0 Å². The molecule has 1 aromatic carbocycles. The van der Waals surface area contributed by atoms with Crippen LogP contribution in [0.5, 0.6) is 0 Å². The number of amides is 1. The number of carbonyl (C=O) groups is 1. The van der Waals surface area contributed by atoms with Gasteiger partial charge in [-0.25, -0.2) is 9.97 Å². The second kappa shape index (κ2) is 6.36. The topological polar surface area (TPSA) is 66.9 Å². The lowest BCUT2D eigenvalue weighted by Crippen LogP contribution is -2.27. The summed E-state index contributed by atoms with van der Waals surface area (Å²) in [5, 5.41) is 6.15. The summed E-state index contributed by atoms with van der Waals surface area (Å²) < 4.78 is 0. The molecule has 2 aromatic rings. The fourth-order valence-corrected chi connectivity index (χ4v) is 2.15. The Kier molecular flexibility index (Phi) is 4.68. The molecule has 5 nitrogen and oxygen atoms in total. The van der Waals surface area contributed by atoms with Crippen LogP contribution < -0.4 is 10.6 Å². The third-order valence-corrected chi connectivity index (χ3v) is 3.34. The molecule has 5 heteroatoms. The Bertz CT molecular complexity index is 732. The number of benzene rings is 1. The predicted octanol–water partition coefficient (Wildman–Crippen LogP) is 3.86. The van der Waals surface area contributed by atoms with Gasteiger partial charge in [-0.3, -0.25) is 4.79 Å². The Morgan fingerprint density at radius 1 is 1.00 bits per heavy atom. The first-order valence-electron chi connectivity index (χ1n) is 7.66. The molecule has 0 fully saturated rings. The highest BCUT2D eigenvalue weighted by molar-refractivity contribution is 6.03. The second-order valence-electron chi connectivity index (χ2n) is 6.81. The highest BCUT2D eigenvalue weighted by Crippen LogP contribution is 2.17. The molecule has 0 atom stereocenters. The van der Waals surface area contributed by atoms with Crippen LogP contribution in [-0.4, -0.2) is 21.4 Å². The average Bonchev–Trinajstić information content (AvgIpc) is 2.40. The molecule has 0 unspecified atom stereocenters. The van der Waals surface area contributed by atoms with Crippen LogP contribution in [0.2, 0.25) is 0 Å². The van der Waals surface area contributed by atoms with E-state index in [0.29, 0.717) is 17.3 Å². The van der Waals surface area contributed by atoms with E-state index in [1.165, 1.54) is 5.56 Å². The van der Waals surface area contributed by atoms with Crippen LogP contribution in [0, 0.1) is 20.8 Å². The van der Waals surface area contributed by atoms with Crippen molar-refractivity contribution in [3.8, 4) is 0 Å². The quantitative estimate of drug-likeness (QED) is 0.903. The van der Waals surface area contributed by atoms with Crippen molar-refractivity contribution >= 4 is 17.4 Å². The van der Waals surface area contributed by atoms with Gasteiger partial charge in [0, 0.05) is 17.3 Å². The van der Waals surface area contributed by atoms with Crippen LogP contribution in [0.1, 0.15) is 48.2 Å². The van der Waals surface area contributed by atoms with Crippen LogP contribution in [0.4, 0.5) is 11.5 Å². The predicted molar refractivity (Wildman–Crippen MR) is 94.0 cm³/mol. The molecule has 0 bridgehead atoms. The maximum Gasteiger partial charge on any atom is 0.274 e. The Labute approximate surface area is 137 Å². The third kappa shape index (κ3) is 4.77. The van der Waals surface area contributed by atoms with Crippen LogP contribution in [0.15, 0.2) is 24.3 Å². The highest BCUT2D eigenvalue weighted by atomic mass is 16.1. The highest BCUT2D eigenvalue weighted by Gasteiger charge is 2.15. The van der Waals surface area contributed by atoms with E-state index < -0.39 is 0 Å². The van der Waals surface area contributed by atoms with E-state index in [4.69, 9.17) is 0 Å². The van der Waals surface area contributed by atoms with Gasteiger partial charge in [0.05, 0.1) is 0 Å². The van der Waals surface area contributed by atoms with E-state index in [-0.39, 0.29) is 11.4 Å². The van der Waals surface area contributed by atoms with Gasteiger partial charge in [-0.2, -0.15) is 0 Å². The molecule has 0 radical (unpaired) electrons. The van der Waals surface area contributed by atoms with Crippen molar-refractivity contribution in [2.75, 3.05) is 10.6 Å². The normalized spacial score (nSPS) is 11.2. The summed E-state index contributed by atoms with van der Waals surface area (Å²) in [5.74, 6) is 0.968. The molecule has 1 aromatic heterocycles. The molecule has 0 saturated heterocycles. The monoisotopic (exact) mass is 312 g/mol. The molecule has 0 saturated carbocycles. The summed E-state index contributed by atoms with van der Waals surface area (Å²) in [4.78, 5) is 21.0. The zero-order valence-corrected chi connectivity index (χ0v) is 14.6. The van der Waals surface area contributed by atoms with Crippen molar-refractivity contribution in [1.29, 1.82) is 0 Å². The van der Waals surface area contributed by atoms with Crippen molar-refractivity contribution in [3.63, 3.8) is 0 Å². The smallest absolute Gasteiger partial charge is 0.274 e. The van der Waals surface area contributed by atoms with Gasteiger partial charge in [0.2, 0.25) is 0 Å². The van der Waals surface area contributed by atoms with E-state index in [1.54, 1.807) is 13.0 Å². The second-order valence-corrected chi connectivity index (χ2v) is 6.81. The summed E-state index contributed by atoms with van der Waals surface area (Å²) in [5.41, 5.74) is 3.30. The Balaban J connectivity index is 2.23. The minimum Gasteiger partial charge on any atom is -0.365 e. The molecule has 122 valence electrons. The lowest BCUT2D eigenvalue weighted by Gasteiger charge is -2.21. The molecule has 0 aliphatic heterocycles. The van der Waals surface area contributed by atoms with Crippen LogP contribution in [-0.2, 0) is 0 Å². The Morgan fingerprint density at radius 3 is 2.30 bits per heavy atom. The maximum absolute atomic E-state index is 12.5. The fourth-order valence-electron chi connectivity index (χ4n) is 2.15. The van der Waals surface area contributed by atoms with E-state index in [2.05, 4.69) is 20.6 Å². The maximum atomic E-state index is 12.5. The average molecular weight is 312 g/mol. The van der Waals surface area contributed by atoms with Crippen molar-refractivity contribution in [3.05, 3.63) is 46.9 Å². The van der Waals surface area contributed by atoms with Gasteiger partial charge in [-0.15, -0.1) is 0 Å². The summed E-state index contributed by atoms with van der Waals surface area (Å²) >= 11 is 0. The molecule has 2 rings (SSSR count). The van der Waals surface area contributed by atoms with E-state index >= 15 is 0 Å².